The molecule has 0 unspecified atom stereocenters. The van der Waals surface area contributed by atoms with Crippen LogP contribution in [-0.4, -0.2) is 50.8 Å². The molecule has 76 valence electrons. The minimum atomic E-state index is 0.870. The van der Waals surface area contributed by atoms with E-state index in [0.717, 1.165) is 45.9 Å². The summed E-state index contributed by atoms with van der Waals surface area (Å²) in [6.07, 6.45) is 0. The van der Waals surface area contributed by atoms with Crippen molar-refractivity contribution in [2.75, 3.05) is 45.9 Å². The number of morpholine rings is 1. The number of ether oxygens (including phenoxy) is 1. The average Bonchev–Trinajstić information content (AvgIpc) is 2.16. The van der Waals surface area contributed by atoms with Gasteiger partial charge in [0.25, 0.3) is 0 Å². The molecule has 0 amide bonds. The Kier molecular flexibility index (Phi) is 5.05. The van der Waals surface area contributed by atoms with E-state index in [9.17, 15) is 0 Å². The summed E-state index contributed by atoms with van der Waals surface area (Å²) in [5.41, 5.74) is 1.27. The van der Waals surface area contributed by atoms with Crippen LogP contribution in [0.5, 0.6) is 0 Å². The molecular formula is C10H20N2O. The highest BCUT2D eigenvalue weighted by Crippen LogP contribution is 2.00. The van der Waals surface area contributed by atoms with Crippen LogP contribution in [0.25, 0.3) is 0 Å². The van der Waals surface area contributed by atoms with E-state index in [1.807, 2.05) is 0 Å². The molecule has 0 atom stereocenters. The Labute approximate surface area is 80.8 Å². The molecule has 3 heteroatoms. The minimum absolute atomic E-state index is 0.870. The molecule has 1 saturated heterocycles. The van der Waals surface area contributed by atoms with Gasteiger partial charge in [-0.3, -0.25) is 4.90 Å². The quantitative estimate of drug-likeness (QED) is 0.629. The second kappa shape index (κ2) is 6.13. The predicted molar refractivity (Wildman–Crippen MR) is 54.9 cm³/mol. The van der Waals surface area contributed by atoms with Gasteiger partial charge in [0.2, 0.25) is 0 Å². The van der Waals surface area contributed by atoms with E-state index in [1.54, 1.807) is 0 Å². The van der Waals surface area contributed by atoms with Crippen molar-refractivity contribution in [3.8, 4) is 0 Å². The molecular weight excluding hydrogens is 164 g/mol. The Bertz CT molecular complexity index is 153. The molecule has 13 heavy (non-hydrogen) atoms. The van der Waals surface area contributed by atoms with Crippen molar-refractivity contribution in [2.45, 2.75) is 6.92 Å². The van der Waals surface area contributed by atoms with Crippen molar-refractivity contribution in [1.82, 2.24) is 10.2 Å². The first-order valence-electron chi connectivity index (χ1n) is 5.00. The monoisotopic (exact) mass is 184 g/mol. The summed E-state index contributed by atoms with van der Waals surface area (Å²) in [7, 11) is 0. The molecule has 0 radical (unpaired) electrons. The Hall–Kier alpha value is -0.380. The predicted octanol–water partition coefficient (Wildman–Crippen LogP) is 0.484. The van der Waals surface area contributed by atoms with Crippen molar-refractivity contribution in [3.05, 3.63) is 12.2 Å². The van der Waals surface area contributed by atoms with Gasteiger partial charge >= 0.3 is 0 Å². The minimum Gasteiger partial charge on any atom is -0.379 e. The van der Waals surface area contributed by atoms with Crippen LogP contribution in [0.1, 0.15) is 6.92 Å². The third kappa shape index (κ3) is 4.41. The number of hydrogen-bond acceptors (Lipinski definition) is 3. The van der Waals surface area contributed by atoms with E-state index in [0.29, 0.717) is 0 Å². The summed E-state index contributed by atoms with van der Waals surface area (Å²) >= 11 is 0. The molecule has 1 aliphatic heterocycles. The lowest BCUT2D eigenvalue weighted by atomic mass is 10.2. The second-order valence-corrected chi connectivity index (χ2v) is 3.42. The lowest BCUT2D eigenvalue weighted by molar-refractivity contribution is 0.0421. The van der Waals surface area contributed by atoms with Gasteiger partial charge in [0.05, 0.1) is 13.2 Å². The number of rotatable bonds is 5. The van der Waals surface area contributed by atoms with Crippen LogP contribution in [-0.2, 0) is 4.74 Å². The topological polar surface area (TPSA) is 24.5 Å². The van der Waals surface area contributed by atoms with Gasteiger partial charge in [-0.15, -0.1) is 0 Å². The van der Waals surface area contributed by atoms with Gasteiger partial charge in [0.1, 0.15) is 0 Å². The van der Waals surface area contributed by atoms with E-state index in [2.05, 4.69) is 23.7 Å². The number of hydrogen-bond donors (Lipinski definition) is 1. The van der Waals surface area contributed by atoms with Gasteiger partial charge in [0, 0.05) is 26.2 Å². The van der Waals surface area contributed by atoms with Crippen LogP contribution < -0.4 is 5.32 Å². The third-order valence-electron chi connectivity index (χ3n) is 2.18. The molecule has 0 aliphatic carbocycles. The maximum atomic E-state index is 5.28. The Morgan fingerprint density at radius 1 is 1.46 bits per heavy atom. The summed E-state index contributed by atoms with van der Waals surface area (Å²) in [4.78, 5) is 2.39. The normalized spacial score (nSPS) is 18.8. The maximum absolute atomic E-state index is 5.28. The van der Waals surface area contributed by atoms with Crippen LogP contribution in [0.2, 0.25) is 0 Å². The summed E-state index contributed by atoms with van der Waals surface area (Å²) in [5, 5.41) is 3.28. The fourth-order valence-electron chi connectivity index (χ4n) is 1.43. The molecule has 1 fully saturated rings. The molecule has 0 aromatic heterocycles. The lowest BCUT2D eigenvalue weighted by Crippen LogP contribution is -2.38. The Morgan fingerprint density at radius 2 is 2.15 bits per heavy atom. The van der Waals surface area contributed by atoms with Gasteiger partial charge in [0.15, 0.2) is 0 Å². The summed E-state index contributed by atoms with van der Waals surface area (Å²) in [5.74, 6) is 0. The van der Waals surface area contributed by atoms with Gasteiger partial charge in [-0.05, 0) is 12.1 Å². The molecule has 1 aliphatic rings. The molecule has 0 aromatic carbocycles. The molecule has 1 heterocycles. The maximum Gasteiger partial charge on any atom is 0.0594 e. The Morgan fingerprint density at radius 3 is 2.77 bits per heavy atom. The molecule has 0 spiro atoms. The third-order valence-corrected chi connectivity index (χ3v) is 2.18. The summed E-state index contributed by atoms with van der Waals surface area (Å²) in [6.45, 7) is 13.0. The van der Waals surface area contributed by atoms with E-state index < -0.39 is 0 Å². The molecule has 0 bridgehead atoms. The SMILES string of the molecule is C=C(CNCC)CN1CCOCC1. The lowest BCUT2D eigenvalue weighted by Gasteiger charge is -2.27. The van der Waals surface area contributed by atoms with Crippen molar-refractivity contribution in [3.63, 3.8) is 0 Å². The highest BCUT2D eigenvalue weighted by atomic mass is 16.5. The highest BCUT2D eigenvalue weighted by molar-refractivity contribution is 4.99. The van der Waals surface area contributed by atoms with Crippen LogP contribution in [0.3, 0.4) is 0 Å². The van der Waals surface area contributed by atoms with Crippen molar-refractivity contribution in [2.24, 2.45) is 0 Å². The standard InChI is InChI=1S/C10H20N2O/c1-3-11-8-10(2)9-12-4-6-13-7-5-12/h11H,2-9H2,1H3. The largest absolute Gasteiger partial charge is 0.379 e. The van der Waals surface area contributed by atoms with E-state index >= 15 is 0 Å². The molecule has 3 nitrogen and oxygen atoms in total. The van der Waals surface area contributed by atoms with E-state index in [1.165, 1.54) is 5.57 Å². The zero-order valence-corrected chi connectivity index (χ0v) is 8.51. The van der Waals surface area contributed by atoms with Crippen molar-refractivity contribution < 1.29 is 4.74 Å². The van der Waals surface area contributed by atoms with Crippen LogP contribution in [0, 0.1) is 0 Å². The second-order valence-electron chi connectivity index (χ2n) is 3.42. The summed E-state index contributed by atoms with van der Waals surface area (Å²) < 4.78 is 5.28. The number of nitrogens with zero attached hydrogens (tertiary/aromatic N) is 1. The van der Waals surface area contributed by atoms with Crippen molar-refractivity contribution in [1.29, 1.82) is 0 Å². The van der Waals surface area contributed by atoms with Gasteiger partial charge in [-0.1, -0.05) is 13.5 Å². The van der Waals surface area contributed by atoms with Gasteiger partial charge in [-0.25, -0.2) is 0 Å². The first-order chi connectivity index (χ1) is 6.33. The molecule has 0 aromatic rings. The highest BCUT2D eigenvalue weighted by Gasteiger charge is 2.10. The van der Waals surface area contributed by atoms with Crippen molar-refractivity contribution >= 4 is 0 Å². The first-order valence-corrected chi connectivity index (χ1v) is 5.00. The molecule has 1 N–H and O–H groups in total. The van der Waals surface area contributed by atoms with Crippen LogP contribution in [0.15, 0.2) is 12.2 Å². The van der Waals surface area contributed by atoms with Gasteiger partial charge < -0.3 is 10.1 Å². The molecule has 0 saturated carbocycles. The fourth-order valence-corrected chi connectivity index (χ4v) is 1.43. The average molecular weight is 184 g/mol. The van der Waals surface area contributed by atoms with Crippen LogP contribution >= 0.6 is 0 Å². The van der Waals surface area contributed by atoms with E-state index in [-0.39, 0.29) is 0 Å². The fraction of sp³-hybridized carbons (Fsp3) is 0.800. The number of likely N-dealkylation sites (N-methyl/N-ethyl adjacent to an activating group) is 1. The van der Waals surface area contributed by atoms with E-state index in [4.69, 9.17) is 4.74 Å². The summed E-state index contributed by atoms with van der Waals surface area (Å²) in [6, 6.07) is 0. The Balaban J connectivity index is 2.11. The molecule has 1 rings (SSSR count). The number of nitrogens with one attached hydrogen (secondary N) is 1. The first kappa shape index (κ1) is 10.7. The zero-order valence-electron chi connectivity index (χ0n) is 8.51. The smallest absolute Gasteiger partial charge is 0.0594 e. The van der Waals surface area contributed by atoms with Gasteiger partial charge in [-0.2, -0.15) is 0 Å². The van der Waals surface area contributed by atoms with Crippen LogP contribution in [0.4, 0.5) is 0 Å². The zero-order chi connectivity index (χ0) is 9.52.